The van der Waals surface area contributed by atoms with Gasteiger partial charge in [-0.25, -0.2) is 4.79 Å². The number of fused-ring (bicyclic) bond motifs is 1. The molecule has 0 spiro atoms. The number of nitrogens with one attached hydrogen (secondary N) is 1. The molecule has 0 fully saturated rings. The lowest BCUT2D eigenvalue weighted by molar-refractivity contribution is -0.153. The van der Waals surface area contributed by atoms with Crippen LogP contribution in [0.4, 0.5) is 0 Å². The molecule has 0 aliphatic carbocycles. The number of nitrogens with zero attached hydrogens (tertiary/aromatic N) is 1. The fourth-order valence-electron chi connectivity index (χ4n) is 3.19. The molecule has 2 rings (SSSR count). The SMILES string of the molecule is CCCCCCNC(=O)COC(=O)[C@@H](C(C)C)N1C(=O)c2ccccc2C1=O. The summed E-state index contributed by atoms with van der Waals surface area (Å²) in [5.41, 5.74) is 0.548. The van der Waals surface area contributed by atoms with Crippen molar-refractivity contribution in [2.24, 2.45) is 5.92 Å². The number of rotatable bonds is 10. The molecule has 1 atom stereocenters. The third-order valence-corrected chi connectivity index (χ3v) is 4.67. The number of amides is 3. The minimum Gasteiger partial charge on any atom is -0.454 e. The first kappa shape index (κ1) is 21.6. The number of hydrogen-bond donors (Lipinski definition) is 1. The zero-order valence-electron chi connectivity index (χ0n) is 16.7. The van der Waals surface area contributed by atoms with Gasteiger partial charge in [0, 0.05) is 6.54 Å². The van der Waals surface area contributed by atoms with Crippen molar-refractivity contribution in [3.05, 3.63) is 35.4 Å². The van der Waals surface area contributed by atoms with Gasteiger partial charge in [-0.3, -0.25) is 19.3 Å². The predicted molar refractivity (Wildman–Crippen MR) is 104 cm³/mol. The maximum absolute atomic E-state index is 12.6. The van der Waals surface area contributed by atoms with Gasteiger partial charge in [0.1, 0.15) is 6.04 Å². The van der Waals surface area contributed by atoms with E-state index in [2.05, 4.69) is 12.2 Å². The smallest absolute Gasteiger partial charge is 0.330 e. The molecule has 0 saturated carbocycles. The zero-order valence-corrected chi connectivity index (χ0v) is 16.7. The van der Waals surface area contributed by atoms with Crippen molar-refractivity contribution in [2.75, 3.05) is 13.2 Å². The van der Waals surface area contributed by atoms with Crippen LogP contribution < -0.4 is 5.32 Å². The number of esters is 1. The highest BCUT2D eigenvalue weighted by Crippen LogP contribution is 2.27. The summed E-state index contributed by atoms with van der Waals surface area (Å²) in [4.78, 5) is 50.7. The number of imide groups is 1. The molecule has 28 heavy (non-hydrogen) atoms. The number of ether oxygens (including phenoxy) is 1. The Balaban J connectivity index is 1.95. The summed E-state index contributed by atoms with van der Waals surface area (Å²) in [5.74, 6) is -2.54. The molecule has 1 aromatic rings. The number of carbonyl (C=O) groups is 4. The lowest BCUT2D eigenvalue weighted by atomic mass is 10.0. The van der Waals surface area contributed by atoms with E-state index in [1.807, 2.05) is 0 Å². The van der Waals surface area contributed by atoms with Crippen molar-refractivity contribution in [3.63, 3.8) is 0 Å². The minimum absolute atomic E-state index is 0.274. The van der Waals surface area contributed by atoms with Crippen LogP contribution in [0.2, 0.25) is 0 Å². The van der Waals surface area contributed by atoms with Crippen LogP contribution in [0.25, 0.3) is 0 Å². The Kier molecular flexibility index (Phi) is 7.72. The molecule has 0 bridgehead atoms. The Labute approximate surface area is 165 Å². The van der Waals surface area contributed by atoms with Gasteiger partial charge in [0.25, 0.3) is 17.7 Å². The fourth-order valence-corrected chi connectivity index (χ4v) is 3.19. The monoisotopic (exact) mass is 388 g/mol. The lowest BCUT2D eigenvalue weighted by Gasteiger charge is -2.27. The van der Waals surface area contributed by atoms with E-state index in [-0.39, 0.29) is 17.0 Å². The lowest BCUT2D eigenvalue weighted by Crippen LogP contribution is -2.49. The Hall–Kier alpha value is -2.70. The Morgan fingerprint density at radius 1 is 1.04 bits per heavy atom. The van der Waals surface area contributed by atoms with E-state index >= 15 is 0 Å². The van der Waals surface area contributed by atoms with Gasteiger partial charge in [0.15, 0.2) is 6.61 Å². The van der Waals surface area contributed by atoms with Crippen LogP contribution in [0.1, 0.15) is 67.2 Å². The first-order valence-electron chi connectivity index (χ1n) is 9.78. The van der Waals surface area contributed by atoms with Crippen LogP contribution in [-0.4, -0.2) is 47.8 Å². The van der Waals surface area contributed by atoms with Crippen LogP contribution in [0, 0.1) is 5.92 Å². The van der Waals surface area contributed by atoms with Gasteiger partial charge in [0.05, 0.1) is 11.1 Å². The van der Waals surface area contributed by atoms with Crippen molar-refractivity contribution in [1.82, 2.24) is 10.2 Å². The maximum Gasteiger partial charge on any atom is 0.330 e. The molecule has 0 saturated heterocycles. The van der Waals surface area contributed by atoms with Crippen LogP contribution in [0.15, 0.2) is 24.3 Å². The number of benzene rings is 1. The van der Waals surface area contributed by atoms with Crippen molar-refractivity contribution in [2.45, 2.75) is 52.5 Å². The largest absolute Gasteiger partial charge is 0.454 e. The van der Waals surface area contributed by atoms with E-state index in [1.165, 1.54) is 0 Å². The topological polar surface area (TPSA) is 92.8 Å². The molecular weight excluding hydrogens is 360 g/mol. The quantitative estimate of drug-likeness (QED) is 0.378. The highest BCUT2D eigenvalue weighted by atomic mass is 16.5. The third-order valence-electron chi connectivity index (χ3n) is 4.67. The molecule has 0 aromatic heterocycles. The molecule has 7 heteroatoms. The molecule has 1 aliphatic rings. The summed E-state index contributed by atoms with van der Waals surface area (Å²) in [6, 6.07) is 5.38. The standard InChI is InChI=1S/C21H28N2O5/c1-4-5-6-9-12-22-17(24)13-28-21(27)18(14(2)3)23-19(25)15-10-7-8-11-16(15)20(23)26/h7-8,10-11,14,18H,4-6,9,12-13H2,1-3H3,(H,22,24)/t18-/m1/s1. The summed E-state index contributed by atoms with van der Waals surface area (Å²) >= 11 is 0. The van der Waals surface area contributed by atoms with Crippen molar-refractivity contribution < 1.29 is 23.9 Å². The molecule has 0 unspecified atom stereocenters. The van der Waals surface area contributed by atoms with Crippen LogP contribution >= 0.6 is 0 Å². The van der Waals surface area contributed by atoms with E-state index < -0.39 is 36.3 Å². The summed E-state index contributed by atoms with van der Waals surface area (Å²) in [5, 5.41) is 2.70. The van der Waals surface area contributed by atoms with Gasteiger partial charge in [-0.2, -0.15) is 0 Å². The molecule has 1 aliphatic heterocycles. The van der Waals surface area contributed by atoms with Gasteiger partial charge in [-0.05, 0) is 24.5 Å². The summed E-state index contributed by atoms with van der Waals surface area (Å²) in [7, 11) is 0. The Morgan fingerprint density at radius 3 is 2.18 bits per heavy atom. The Morgan fingerprint density at radius 2 is 1.64 bits per heavy atom. The summed E-state index contributed by atoms with van der Waals surface area (Å²) in [6.07, 6.45) is 4.13. The van der Waals surface area contributed by atoms with E-state index in [0.29, 0.717) is 6.54 Å². The highest BCUT2D eigenvalue weighted by Gasteiger charge is 2.44. The first-order chi connectivity index (χ1) is 13.4. The normalized spacial score (nSPS) is 14.2. The van der Waals surface area contributed by atoms with Gasteiger partial charge < -0.3 is 10.1 Å². The number of hydrogen-bond acceptors (Lipinski definition) is 5. The molecule has 7 nitrogen and oxygen atoms in total. The summed E-state index contributed by atoms with van der Waals surface area (Å²) < 4.78 is 5.12. The predicted octanol–water partition coefficient (Wildman–Crippen LogP) is 2.55. The van der Waals surface area contributed by atoms with E-state index in [1.54, 1.807) is 38.1 Å². The van der Waals surface area contributed by atoms with E-state index in [4.69, 9.17) is 4.74 Å². The van der Waals surface area contributed by atoms with Gasteiger partial charge >= 0.3 is 5.97 Å². The molecule has 3 amide bonds. The maximum atomic E-state index is 12.6. The van der Waals surface area contributed by atoms with E-state index in [0.717, 1.165) is 30.6 Å². The van der Waals surface area contributed by atoms with Crippen molar-refractivity contribution in [3.8, 4) is 0 Å². The second kappa shape index (κ2) is 10.0. The molecule has 0 radical (unpaired) electrons. The first-order valence-corrected chi connectivity index (χ1v) is 9.78. The average Bonchev–Trinajstić information content (AvgIpc) is 2.92. The van der Waals surface area contributed by atoms with Gasteiger partial charge in [-0.1, -0.05) is 52.2 Å². The highest BCUT2D eigenvalue weighted by molar-refractivity contribution is 6.22. The second-order valence-electron chi connectivity index (χ2n) is 7.23. The number of unbranched alkanes of at least 4 members (excludes halogenated alkanes) is 3. The Bertz CT molecular complexity index is 709. The van der Waals surface area contributed by atoms with Crippen LogP contribution in [0.3, 0.4) is 0 Å². The molecule has 1 N–H and O–H groups in total. The summed E-state index contributed by atoms with van der Waals surface area (Å²) in [6.45, 7) is 5.66. The number of carbonyl (C=O) groups excluding carboxylic acids is 4. The molecular formula is C21H28N2O5. The fraction of sp³-hybridized carbons (Fsp3) is 0.524. The molecule has 1 heterocycles. The van der Waals surface area contributed by atoms with Crippen molar-refractivity contribution >= 4 is 23.7 Å². The van der Waals surface area contributed by atoms with Crippen molar-refractivity contribution in [1.29, 1.82) is 0 Å². The van der Waals surface area contributed by atoms with Gasteiger partial charge in [0.2, 0.25) is 0 Å². The van der Waals surface area contributed by atoms with Gasteiger partial charge in [-0.15, -0.1) is 0 Å². The molecule has 152 valence electrons. The molecule has 1 aromatic carbocycles. The minimum atomic E-state index is -1.08. The average molecular weight is 388 g/mol. The van der Waals surface area contributed by atoms with Crippen LogP contribution in [-0.2, 0) is 14.3 Å². The zero-order chi connectivity index (χ0) is 20.7. The second-order valence-corrected chi connectivity index (χ2v) is 7.23. The third kappa shape index (κ3) is 4.97. The van der Waals surface area contributed by atoms with E-state index in [9.17, 15) is 19.2 Å². The van der Waals surface area contributed by atoms with Crippen LogP contribution in [0.5, 0.6) is 0 Å².